The van der Waals surface area contributed by atoms with Crippen LogP contribution in [0.25, 0.3) is 0 Å². The highest BCUT2D eigenvalue weighted by Gasteiger charge is 2.06. The molecule has 102 valence electrons. The Kier molecular flexibility index (Phi) is 11.7. The Morgan fingerprint density at radius 3 is 2.24 bits per heavy atom. The molecular weight excluding hydrogens is 206 g/mol. The summed E-state index contributed by atoms with van der Waals surface area (Å²) in [6.07, 6.45) is 14.3. The Morgan fingerprint density at radius 1 is 0.941 bits per heavy atom. The first-order chi connectivity index (χ1) is 8.24. The van der Waals surface area contributed by atoms with Gasteiger partial charge in [-0.1, -0.05) is 65.4 Å². The molecule has 0 aromatic heterocycles. The summed E-state index contributed by atoms with van der Waals surface area (Å²) < 4.78 is 0. The van der Waals surface area contributed by atoms with Crippen molar-refractivity contribution in [2.75, 3.05) is 0 Å². The van der Waals surface area contributed by atoms with Crippen LogP contribution in [0.15, 0.2) is 11.8 Å². The molecule has 17 heavy (non-hydrogen) atoms. The van der Waals surface area contributed by atoms with Gasteiger partial charge in [-0.3, -0.25) is 0 Å². The van der Waals surface area contributed by atoms with E-state index in [1.807, 2.05) is 0 Å². The Balaban J connectivity index is 3.77. The zero-order chi connectivity index (χ0) is 12.9. The van der Waals surface area contributed by atoms with Gasteiger partial charge in [-0.2, -0.15) is 0 Å². The van der Waals surface area contributed by atoms with Crippen LogP contribution in [0.4, 0.5) is 0 Å². The highest BCUT2D eigenvalue weighted by Crippen LogP contribution is 2.11. The molecule has 1 heteroatoms. The maximum atomic E-state index is 3.67. The zero-order valence-electron chi connectivity index (χ0n) is 12.5. The highest BCUT2D eigenvalue weighted by atomic mass is 14.9. The molecule has 0 rings (SSSR count). The van der Waals surface area contributed by atoms with Crippen molar-refractivity contribution in [2.45, 2.75) is 91.5 Å². The van der Waals surface area contributed by atoms with Crippen molar-refractivity contribution in [2.24, 2.45) is 0 Å². The van der Waals surface area contributed by atoms with Gasteiger partial charge in [0.05, 0.1) is 0 Å². The van der Waals surface area contributed by atoms with Gasteiger partial charge < -0.3 is 5.32 Å². The molecule has 0 fully saturated rings. The third-order valence-electron chi connectivity index (χ3n) is 3.24. The van der Waals surface area contributed by atoms with Crippen molar-refractivity contribution < 1.29 is 0 Å². The fraction of sp³-hybridized carbons (Fsp3) is 0.875. The average Bonchev–Trinajstić information content (AvgIpc) is 2.29. The fourth-order valence-corrected chi connectivity index (χ4v) is 2.32. The van der Waals surface area contributed by atoms with Crippen molar-refractivity contribution in [1.82, 2.24) is 5.32 Å². The van der Waals surface area contributed by atoms with Crippen LogP contribution in [0, 0.1) is 0 Å². The minimum atomic E-state index is 0.699. The third kappa shape index (κ3) is 10.4. The second-order valence-corrected chi connectivity index (χ2v) is 5.13. The zero-order valence-corrected chi connectivity index (χ0v) is 12.5. The minimum Gasteiger partial charge on any atom is -0.386 e. The molecule has 0 heterocycles. The maximum Gasteiger partial charge on any atom is 0.0257 e. The van der Waals surface area contributed by atoms with E-state index in [2.05, 4.69) is 39.1 Å². The molecule has 0 saturated carbocycles. The summed E-state index contributed by atoms with van der Waals surface area (Å²) in [4.78, 5) is 0. The van der Waals surface area contributed by atoms with Crippen molar-refractivity contribution in [3.8, 4) is 0 Å². The second kappa shape index (κ2) is 12.0. The predicted octanol–water partition coefficient (Wildman–Crippen LogP) is 5.42. The van der Waals surface area contributed by atoms with E-state index in [1.54, 1.807) is 0 Å². The molecule has 0 aromatic rings. The highest BCUT2D eigenvalue weighted by molar-refractivity contribution is 4.96. The van der Waals surface area contributed by atoms with Crippen LogP contribution in [-0.4, -0.2) is 6.04 Å². The second-order valence-electron chi connectivity index (χ2n) is 5.13. The van der Waals surface area contributed by atoms with E-state index in [0.29, 0.717) is 6.04 Å². The summed E-state index contributed by atoms with van der Waals surface area (Å²) in [6.45, 7) is 8.96. The van der Waals surface area contributed by atoms with E-state index in [-0.39, 0.29) is 0 Å². The topological polar surface area (TPSA) is 12.0 Å². The van der Waals surface area contributed by atoms with Gasteiger partial charge in [0.25, 0.3) is 0 Å². The number of nitrogens with one attached hydrogen (secondary N) is 1. The number of unbranched alkanes of at least 4 members (excludes halogenated alkanes) is 4. The van der Waals surface area contributed by atoms with E-state index in [9.17, 15) is 0 Å². The summed E-state index contributed by atoms with van der Waals surface area (Å²) in [5, 5.41) is 3.67. The molecule has 0 aromatic carbocycles. The molecule has 0 amide bonds. The van der Waals surface area contributed by atoms with Crippen LogP contribution in [0.5, 0.6) is 0 Å². The normalized spacial score (nSPS) is 13.8. The first-order valence-corrected chi connectivity index (χ1v) is 7.67. The molecule has 1 nitrogen and oxygen atoms in total. The standard InChI is InChI=1S/C16H33N/c1-5-8-9-10-11-14-16(13-7-3)17-15(4)12-6-2/h12,16-17H,5-11,13-14H2,1-4H3/b15-12+/t16-/m1/s1. The molecule has 0 radical (unpaired) electrons. The first-order valence-electron chi connectivity index (χ1n) is 7.67. The van der Waals surface area contributed by atoms with Gasteiger partial charge in [-0.25, -0.2) is 0 Å². The van der Waals surface area contributed by atoms with Crippen molar-refractivity contribution in [1.29, 1.82) is 0 Å². The molecule has 1 atom stereocenters. The van der Waals surface area contributed by atoms with Crippen LogP contribution in [0.3, 0.4) is 0 Å². The SMILES string of the molecule is CC/C=C(\C)N[C@H](CCC)CCCCCCC. The van der Waals surface area contributed by atoms with E-state index in [1.165, 1.54) is 57.1 Å². The number of rotatable bonds is 11. The van der Waals surface area contributed by atoms with E-state index >= 15 is 0 Å². The summed E-state index contributed by atoms with van der Waals surface area (Å²) in [6, 6.07) is 0.699. The summed E-state index contributed by atoms with van der Waals surface area (Å²) in [5.74, 6) is 0. The van der Waals surface area contributed by atoms with Crippen LogP contribution in [-0.2, 0) is 0 Å². The van der Waals surface area contributed by atoms with Gasteiger partial charge in [0, 0.05) is 11.7 Å². The Morgan fingerprint density at radius 2 is 1.65 bits per heavy atom. The number of hydrogen-bond donors (Lipinski definition) is 1. The van der Waals surface area contributed by atoms with Gasteiger partial charge >= 0.3 is 0 Å². The molecular formula is C16H33N. The summed E-state index contributed by atoms with van der Waals surface area (Å²) >= 11 is 0. The molecule has 0 bridgehead atoms. The molecule has 0 aliphatic carbocycles. The van der Waals surface area contributed by atoms with Crippen molar-refractivity contribution in [3.63, 3.8) is 0 Å². The third-order valence-corrected chi connectivity index (χ3v) is 3.24. The largest absolute Gasteiger partial charge is 0.386 e. The van der Waals surface area contributed by atoms with Crippen molar-refractivity contribution >= 4 is 0 Å². The van der Waals surface area contributed by atoms with Crippen LogP contribution in [0.1, 0.15) is 85.5 Å². The van der Waals surface area contributed by atoms with Gasteiger partial charge in [0.2, 0.25) is 0 Å². The quantitative estimate of drug-likeness (QED) is 0.475. The summed E-state index contributed by atoms with van der Waals surface area (Å²) in [5.41, 5.74) is 1.36. The maximum absolute atomic E-state index is 3.67. The lowest BCUT2D eigenvalue weighted by Gasteiger charge is -2.19. The Labute approximate surface area is 109 Å². The predicted molar refractivity (Wildman–Crippen MR) is 79.3 cm³/mol. The van der Waals surface area contributed by atoms with Gasteiger partial charge in [-0.15, -0.1) is 0 Å². The van der Waals surface area contributed by atoms with Gasteiger partial charge in [0.1, 0.15) is 0 Å². The monoisotopic (exact) mass is 239 g/mol. The Bertz CT molecular complexity index is 184. The fourth-order valence-electron chi connectivity index (χ4n) is 2.32. The number of hydrogen-bond acceptors (Lipinski definition) is 1. The van der Waals surface area contributed by atoms with Gasteiger partial charge in [-0.05, 0) is 26.2 Å². The minimum absolute atomic E-state index is 0.699. The molecule has 0 saturated heterocycles. The molecule has 0 aliphatic heterocycles. The van der Waals surface area contributed by atoms with Crippen LogP contribution < -0.4 is 5.32 Å². The lowest BCUT2D eigenvalue weighted by atomic mass is 10.0. The Hall–Kier alpha value is -0.460. The van der Waals surface area contributed by atoms with E-state index in [0.717, 1.165) is 6.42 Å². The van der Waals surface area contributed by atoms with Crippen molar-refractivity contribution in [3.05, 3.63) is 11.8 Å². The molecule has 0 unspecified atom stereocenters. The van der Waals surface area contributed by atoms with Crippen LogP contribution >= 0.6 is 0 Å². The average molecular weight is 239 g/mol. The first kappa shape index (κ1) is 16.5. The molecule has 0 aliphatic rings. The van der Waals surface area contributed by atoms with Crippen LogP contribution in [0.2, 0.25) is 0 Å². The molecule has 1 N–H and O–H groups in total. The molecule has 0 spiro atoms. The van der Waals surface area contributed by atoms with E-state index in [4.69, 9.17) is 0 Å². The van der Waals surface area contributed by atoms with Gasteiger partial charge in [0.15, 0.2) is 0 Å². The number of allylic oxidation sites excluding steroid dienone is 2. The summed E-state index contributed by atoms with van der Waals surface area (Å²) in [7, 11) is 0. The van der Waals surface area contributed by atoms with E-state index < -0.39 is 0 Å². The lowest BCUT2D eigenvalue weighted by molar-refractivity contribution is 0.457. The smallest absolute Gasteiger partial charge is 0.0257 e. The lowest BCUT2D eigenvalue weighted by Crippen LogP contribution is -2.27.